The maximum atomic E-state index is 4.69. The van der Waals surface area contributed by atoms with Crippen LogP contribution in [0.5, 0.6) is 0 Å². The van der Waals surface area contributed by atoms with Gasteiger partial charge >= 0.3 is 0 Å². The van der Waals surface area contributed by atoms with E-state index in [4.69, 9.17) is 0 Å². The van der Waals surface area contributed by atoms with E-state index in [1.807, 2.05) is 23.9 Å². The Morgan fingerprint density at radius 3 is 2.42 bits per heavy atom. The first-order valence-corrected chi connectivity index (χ1v) is 7.54. The summed E-state index contributed by atoms with van der Waals surface area (Å²) in [6.45, 7) is 0. The zero-order valence-electron chi connectivity index (χ0n) is 10.6. The molecule has 0 saturated carbocycles. The third-order valence-electron chi connectivity index (χ3n) is 3.02. The van der Waals surface area contributed by atoms with E-state index in [0.717, 1.165) is 22.7 Å². The zero-order chi connectivity index (χ0) is 12.9. The van der Waals surface area contributed by atoms with Gasteiger partial charge in [-0.05, 0) is 17.7 Å². The fourth-order valence-corrected chi connectivity index (χ4v) is 2.94. The minimum Gasteiger partial charge on any atom is -0.252 e. The second-order valence-corrected chi connectivity index (χ2v) is 5.46. The molecule has 19 heavy (non-hydrogen) atoms. The number of aromatic nitrogens is 1. The Balaban J connectivity index is 1.65. The van der Waals surface area contributed by atoms with Gasteiger partial charge in [0.15, 0.2) is 0 Å². The predicted octanol–water partition coefficient (Wildman–Crippen LogP) is 4.67. The lowest BCUT2D eigenvalue weighted by Gasteiger charge is -2.03. The van der Waals surface area contributed by atoms with Crippen molar-refractivity contribution in [1.82, 2.24) is 4.98 Å². The van der Waals surface area contributed by atoms with E-state index >= 15 is 0 Å². The standard InChI is InChI=1S/C17H15NS/c1-2-6-14(7-3-1)12-19-13-16-11-10-15-8-4-5-9-17(15)18-16/h1-11H,12-13H2. The molecule has 94 valence electrons. The predicted molar refractivity (Wildman–Crippen MR) is 83.2 cm³/mol. The molecule has 0 aliphatic carbocycles. The van der Waals surface area contributed by atoms with Crippen molar-refractivity contribution >= 4 is 22.7 Å². The Labute approximate surface area is 117 Å². The number of fused-ring (bicyclic) bond motifs is 1. The summed E-state index contributed by atoms with van der Waals surface area (Å²) in [5.41, 5.74) is 3.60. The summed E-state index contributed by atoms with van der Waals surface area (Å²) in [5.74, 6) is 2.00. The summed E-state index contributed by atoms with van der Waals surface area (Å²) < 4.78 is 0. The van der Waals surface area contributed by atoms with Gasteiger partial charge in [0.2, 0.25) is 0 Å². The van der Waals surface area contributed by atoms with Gasteiger partial charge in [0, 0.05) is 16.9 Å². The Morgan fingerprint density at radius 1 is 0.737 bits per heavy atom. The molecular formula is C17H15NS. The van der Waals surface area contributed by atoms with E-state index in [1.54, 1.807) is 0 Å². The van der Waals surface area contributed by atoms with Gasteiger partial charge in [-0.1, -0.05) is 54.6 Å². The van der Waals surface area contributed by atoms with E-state index in [1.165, 1.54) is 10.9 Å². The molecule has 3 aromatic rings. The normalized spacial score (nSPS) is 10.7. The molecule has 0 radical (unpaired) electrons. The molecule has 1 aromatic heterocycles. The topological polar surface area (TPSA) is 12.9 Å². The van der Waals surface area contributed by atoms with Crippen LogP contribution in [-0.4, -0.2) is 4.98 Å². The largest absolute Gasteiger partial charge is 0.252 e. The number of pyridine rings is 1. The molecule has 0 bridgehead atoms. The van der Waals surface area contributed by atoms with Crippen molar-refractivity contribution in [1.29, 1.82) is 0 Å². The van der Waals surface area contributed by atoms with Gasteiger partial charge < -0.3 is 0 Å². The van der Waals surface area contributed by atoms with E-state index in [2.05, 4.69) is 59.6 Å². The first-order chi connectivity index (χ1) is 9.42. The third kappa shape index (κ3) is 3.15. The molecule has 3 rings (SSSR count). The maximum Gasteiger partial charge on any atom is 0.0705 e. The van der Waals surface area contributed by atoms with E-state index < -0.39 is 0 Å². The van der Waals surface area contributed by atoms with Gasteiger partial charge in [-0.15, -0.1) is 0 Å². The molecule has 0 spiro atoms. The van der Waals surface area contributed by atoms with Gasteiger partial charge in [-0.25, -0.2) is 0 Å². The lowest BCUT2D eigenvalue weighted by Crippen LogP contribution is -1.88. The number of rotatable bonds is 4. The molecule has 1 heterocycles. The Morgan fingerprint density at radius 2 is 1.53 bits per heavy atom. The number of thioether (sulfide) groups is 1. The van der Waals surface area contributed by atoms with Crippen LogP contribution in [0.3, 0.4) is 0 Å². The van der Waals surface area contributed by atoms with Gasteiger partial charge in [0.1, 0.15) is 0 Å². The van der Waals surface area contributed by atoms with Crippen molar-refractivity contribution in [2.45, 2.75) is 11.5 Å². The third-order valence-corrected chi connectivity index (χ3v) is 4.05. The summed E-state index contributed by atoms with van der Waals surface area (Å²) in [5, 5.41) is 1.21. The minimum atomic E-state index is 0.958. The molecule has 2 aromatic carbocycles. The van der Waals surface area contributed by atoms with Crippen LogP contribution in [0.2, 0.25) is 0 Å². The molecule has 0 fully saturated rings. The van der Waals surface area contributed by atoms with E-state index in [-0.39, 0.29) is 0 Å². The average Bonchev–Trinajstić information content (AvgIpc) is 2.48. The summed E-state index contributed by atoms with van der Waals surface area (Å²) in [7, 11) is 0. The smallest absolute Gasteiger partial charge is 0.0705 e. The van der Waals surface area contributed by atoms with Gasteiger partial charge in [-0.3, -0.25) is 4.98 Å². The highest BCUT2D eigenvalue weighted by Gasteiger charge is 1.99. The Bertz CT molecular complexity index is 664. The average molecular weight is 265 g/mol. The summed E-state index contributed by atoms with van der Waals surface area (Å²) in [6, 6.07) is 23.1. The monoisotopic (exact) mass is 265 g/mol. The second-order valence-electron chi connectivity index (χ2n) is 4.47. The van der Waals surface area contributed by atoms with Crippen molar-refractivity contribution in [3.63, 3.8) is 0 Å². The van der Waals surface area contributed by atoms with Crippen LogP contribution >= 0.6 is 11.8 Å². The molecule has 0 amide bonds. The van der Waals surface area contributed by atoms with Crippen LogP contribution in [0, 0.1) is 0 Å². The van der Waals surface area contributed by atoms with Crippen molar-refractivity contribution in [3.8, 4) is 0 Å². The van der Waals surface area contributed by atoms with Crippen LogP contribution in [-0.2, 0) is 11.5 Å². The number of hydrogen-bond acceptors (Lipinski definition) is 2. The quantitative estimate of drug-likeness (QED) is 0.680. The highest BCUT2D eigenvalue weighted by atomic mass is 32.2. The minimum absolute atomic E-state index is 0.958. The number of hydrogen-bond donors (Lipinski definition) is 0. The fourth-order valence-electron chi connectivity index (χ4n) is 2.04. The van der Waals surface area contributed by atoms with Crippen molar-refractivity contribution in [3.05, 3.63) is 78.0 Å². The molecule has 0 atom stereocenters. The van der Waals surface area contributed by atoms with Crippen molar-refractivity contribution < 1.29 is 0 Å². The van der Waals surface area contributed by atoms with Gasteiger partial charge in [-0.2, -0.15) is 11.8 Å². The van der Waals surface area contributed by atoms with Crippen LogP contribution < -0.4 is 0 Å². The Kier molecular flexibility index (Phi) is 3.80. The van der Waals surface area contributed by atoms with Crippen LogP contribution in [0.15, 0.2) is 66.7 Å². The highest BCUT2D eigenvalue weighted by Crippen LogP contribution is 2.19. The summed E-state index contributed by atoms with van der Waals surface area (Å²) in [6.07, 6.45) is 0. The fraction of sp³-hybridized carbons (Fsp3) is 0.118. The molecule has 1 nitrogen and oxygen atoms in total. The molecule has 0 aliphatic heterocycles. The van der Waals surface area contributed by atoms with Crippen molar-refractivity contribution in [2.24, 2.45) is 0 Å². The zero-order valence-corrected chi connectivity index (χ0v) is 11.4. The molecule has 0 N–H and O–H groups in total. The number of benzene rings is 2. The number of para-hydroxylation sites is 1. The second kappa shape index (κ2) is 5.89. The van der Waals surface area contributed by atoms with Gasteiger partial charge in [0.25, 0.3) is 0 Å². The summed E-state index contributed by atoms with van der Waals surface area (Å²) >= 11 is 1.91. The molecule has 0 saturated heterocycles. The van der Waals surface area contributed by atoms with E-state index in [9.17, 15) is 0 Å². The first-order valence-electron chi connectivity index (χ1n) is 6.38. The van der Waals surface area contributed by atoms with Crippen LogP contribution in [0.25, 0.3) is 10.9 Å². The van der Waals surface area contributed by atoms with Crippen LogP contribution in [0.4, 0.5) is 0 Å². The van der Waals surface area contributed by atoms with E-state index in [0.29, 0.717) is 0 Å². The van der Waals surface area contributed by atoms with Crippen molar-refractivity contribution in [2.75, 3.05) is 0 Å². The number of nitrogens with zero attached hydrogens (tertiary/aromatic N) is 1. The molecule has 0 unspecified atom stereocenters. The van der Waals surface area contributed by atoms with Crippen LogP contribution in [0.1, 0.15) is 11.3 Å². The Hall–Kier alpha value is -1.80. The van der Waals surface area contributed by atoms with Gasteiger partial charge in [0.05, 0.1) is 11.2 Å². The lowest BCUT2D eigenvalue weighted by molar-refractivity contribution is 1.22. The molecule has 0 aliphatic rings. The molecular weight excluding hydrogens is 250 g/mol. The maximum absolute atomic E-state index is 4.69. The summed E-state index contributed by atoms with van der Waals surface area (Å²) in [4.78, 5) is 4.69. The lowest BCUT2D eigenvalue weighted by atomic mass is 10.2. The highest BCUT2D eigenvalue weighted by molar-refractivity contribution is 7.97. The first kappa shape index (κ1) is 12.2. The SMILES string of the molecule is c1ccc(CSCc2ccc3ccccc3n2)cc1. The molecule has 2 heteroatoms.